The molecule has 2 N–H and O–H groups in total. The van der Waals surface area contributed by atoms with Gasteiger partial charge in [-0.3, -0.25) is 10.4 Å². The molecule has 0 bridgehead atoms. The van der Waals surface area contributed by atoms with Crippen molar-refractivity contribution in [1.29, 1.82) is 5.41 Å². The van der Waals surface area contributed by atoms with E-state index < -0.39 is 0 Å². The molecule has 0 atom stereocenters. The zero-order valence-corrected chi connectivity index (χ0v) is 14.8. The predicted octanol–water partition coefficient (Wildman–Crippen LogP) is 2.86. The van der Waals surface area contributed by atoms with Gasteiger partial charge >= 0.3 is 0 Å². The van der Waals surface area contributed by atoms with Crippen LogP contribution in [0.2, 0.25) is 0 Å². The van der Waals surface area contributed by atoms with Crippen LogP contribution in [0.3, 0.4) is 0 Å². The molecule has 1 fully saturated rings. The normalized spacial score (nSPS) is 14.6. The van der Waals surface area contributed by atoms with E-state index in [9.17, 15) is 0 Å². The molecule has 3 aromatic rings. The van der Waals surface area contributed by atoms with Crippen molar-refractivity contribution < 1.29 is 4.74 Å². The highest BCUT2D eigenvalue weighted by Gasteiger charge is 2.18. The standard InChI is InChI=1S/C20H20N6O/c21-16(8-10-22-15-5-2-1-3-6-15)19-24-17-7-4-9-23-18(17)20(25-19)26-11-13-27-14-12-26/h1-10,21-22H,11-14H2/b10-8-,21-16?. The van der Waals surface area contributed by atoms with Crippen LogP contribution in [0.5, 0.6) is 0 Å². The van der Waals surface area contributed by atoms with Crippen LogP contribution in [0, 0.1) is 5.41 Å². The molecule has 0 radical (unpaired) electrons. The Balaban J connectivity index is 1.62. The van der Waals surface area contributed by atoms with Gasteiger partial charge in [0.05, 0.1) is 18.7 Å². The molecule has 1 saturated heterocycles. The number of pyridine rings is 1. The molecule has 4 rings (SSSR count). The van der Waals surface area contributed by atoms with Crippen molar-refractivity contribution in [3.8, 4) is 0 Å². The lowest BCUT2D eigenvalue weighted by Crippen LogP contribution is -2.37. The highest BCUT2D eigenvalue weighted by molar-refractivity contribution is 6.05. The van der Waals surface area contributed by atoms with E-state index in [1.54, 1.807) is 18.5 Å². The Bertz CT molecular complexity index is 967. The first-order valence-corrected chi connectivity index (χ1v) is 8.84. The molecule has 0 saturated carbocycles. The molecule has 0 amide bonds. The van der Waals surface area contributed by atoms with Crippen LogP contribution in [0.1, 0.15) is 5.82 Å². The summed E-state index contributed by atoms with van der Waals surface area (Å²) in [6.45, 7) is 2.82. The maximum Gasteiger partial charge on any atom is 0.180 e. The van der Waals surface area contributed by atoms with E-state index in [1.165, 1.54) is 0 Å². The zero-order chi connectivity index (χ0) is 18.5. The summed E-state index contributed by atoms with van der Waals surface area (Å²) >= 11 is 0. The fourth-order valence-corrected chi connectivity index (χ4v) is 2.90. The summed E-state index contributed by atoms with van der Waals surface area (Å²) in [5.41, 5.74) is 2.68. The summed E-state index contributed by atoms with van der Waals surface area (Å²) in [5.74, 6) is 1.14. The van der Waals surface area contributed by atoms with Crippen LogP contribution in [0.15, 0.2) is 60.9 Å². The van der Waals surface area contributed by atoms with E-state index >= 15 is 0 Å². The molecular weight excluding hydrogens is 340 g/mol. The number of rotatable bonds is 5. The number of ether oxygens (including phenoxy) is 1. The number of benzene rings is 1. The van der Waals surface area contributed by atoms with Crippen LogP contribution in [-0.4, -0.2) is 47.0 Å². The Labute approximate surface area is 157 Å². The van der Waals surface area contributed by atoms with Crippen molar-refractivity contribution in [3.63, 3.8) is 0 Å². The maximum atomic E-state index is 8.37. The van der Waals surface area contributed by atoms with Gasteiger partial charge in [-0.05, 0) is 30.3 Å². The van der Waals surface area contributed by atoms with Gasteiger partial charge in [-0.15, -0.1) is 0 Å². The Hall–Kier alpha value is -3.32. The van der Waals surface area contributed by atoms with Gasteiger partial charge in [0.25, 0.3) is 0 Å². The van der Waals surface area contributed by atoms with Crippen molar-refractivity contribution >= 4 is 28.3 Å². The molecule has 0 spiro atoms. The molecular formula is C20H20N6O. The third-order valence-electron chi connectivity index (χ3n) is 4.26. The van der Waals surface area contributed by atoms with Crippen molar-refractivity contribution in [3.05, 3.63) is 66.8 Å². The number of nitrogens with one attached hydrogen (secondary N) is 2. The molecule has 27 heavy (non-hydrogen) atoms. The Morgan fingerprint density at radius 1 is 1.07 bits per heavy atom. The molecule has 0 aliphatic carbocycles. The van der Waals surface area contributed by atoms with Crippen LogP contribution in [0.4, 0.5) is 11.5 Å². The molecule has 1 aliphatic rings. The van der Waals surface area contributed by atoms with Crippen molar-refractivity contribution in [2.45, 2.75) is 0 Å². The monoisotopic (exact) mass is 360 g/mol. The molecule has 7 nitrogen and oxygen atoms in total. The summed E-state index contributed by atoms with van der Waals surface area (Å²) < 4.78 is 5.44. The zero-order valence-electron chi connectivity index (χ0n) is 14.8. The number of hydrogen-bond acceptors (Lipinski definition) is 7. The second kappa shape index (κ2) is 7.92. The predicted molar refractivity (Wildman–Crippen MR) is 106 cm³/mol. The highest BCUT2D eigenvalue weighted by atomic mass is 16.5. The van der Waals surface area contributed by atoms with Gasteiger partial charge in [0.15, 0.2) is 11.6 Å². The smallest absolute Gasteiger partial charge is 0.180 e. The van der Waals surface area contributed by atoms with Crippen LogP contribution < -0.4 is 10.2 Å². The minimum absolute atomic E-state index is 0.235. The summed E-state index contributed by atoms with van der Waals surface area (Å²) in [6.07, 6.45) is 5.13. The van der Waals surface area contributed by atoms with E-state index in [4.69, 9.17) is 10.1 Å². The first-order valence-electron chi connectivity index (χ1n) is 8.84. The lowest BCUT2D eigenvalue weighted by Gasteiger charge is -2.28. The number of para-hydroxylation sites is 1. The number of anilines is 2. The summed E-state index contributed by atoms with van der Waals surface area (Å²) in [6, 6.07) is 13.5. The van der Waals surface area contributed by atoms with Gasteiger partial charge in [0.1, 0.15) is 11.2 Å². The molecule has 1 aromatic carbocycles. The van der Waals surface area contributed by atoms with Crippen LogP contribution in [-0.2, 0) is 4.74 Å². The number of morpholine rings is 1. The van der Waals surface area contributed by atoms with E-state index in [-0.39, 0.29) is 5.71 Å². The number of aromatic nitrogens is 3. The number of nitrogens with zero attached hydrogens (tertiary/aromatic N) is 4. The van der Waals surface area contributed by atoms with E-state index in [0.717, 1.165) is 35.6 Å². The third-order valence-corrected chi connectivity index (χ3v) is 4.26. The topological polar surface area (TPSA) is 87.0 Å². The molecule has 7 heteroatoms. The first kappa shape index (κ1) is 17.1. The second-order valence-electron chi connectivity index (χ2n) is 6.10. The fraction of sp³-hybridized carbons (Fsp3) is 0.200. The lowest BCUT2D eigenvalue weighted by atomic mass is 10.2. The minimum Gasteiger partial charge on any atom is -0.378 e. The largest absolute Gasteiger partial charge is 0.378 e. The van der Waals surface area contributed by atoms with Gasteiger partial charge in [-0.2, -0.15) is 0 Å². The van der Waals surface area contributed by atoms with E-state index in [1.807, 2.05) is 42.5 Å². The van der Waals surface area contributed by atoms with Crippen molar-refractivity contribution in [2.75, 3.05) is 36.5 Å². The number of fused-ring (bicyclic) bond motifs is 1. The van der Waals surface area contributed by atoms with Crippen molar-refractivity contribution in [2.24, 2.45) is 0 Å². The Kier molecular flexibility index (Phi) is 5.02. The second-order valence-corrected chi connectivity index (χ2v) is 6.10. The molecule has 2 aromatic heterocycles. The van der Waals surface area contributed by atoms with Gasteiger partial charge in [-0.25, -0.2) is 9.97 Å². The SMILES string of the molecule is N=C(/C=C\Nc1ccccc1)c1nc(N2CCOCC2)c2ncccc2n1. The fourth-order valence-electron chi connectivity index (χ4n) is 2.90. The molecule has 1 aliphatic heterocycles. The minimum atomic E-state index is 0.235. The molecule has 136 valence electrons. The van der Waals surface area contributed by atoms with Gasteiger partial charge in [-0.1, -0.05) is 18.2 Å². The van der Waals surface area contributed by atoms with Crippen LogP contribution in [0.25, 0.3) is 11.0 Å². The van der Waals surface area contributed by atoms with Gasteiger partial charge in [0, 0.05) is 31.2 Å². The maximum absolute atomic E-state index is 8.37. The van der Waals surface area contributed by atoms with Crippen LogP contribution >= 0.6 is 0 Å². The average molecular weight is 360 g/mol. The Morgan fingerprint density at radius 3 is 2.70 bits per heavy atom. The third kappa shape index (κ3) is 3.93. The number of hydrogen-bond donors (Lipinski definition) is 2. The summed E-state index contributed by atoms with van der Waals surface area (Å²) in [5, 5.41) is 11.5. The van der Waals surface area contributed by atoms with E-state index in [2.05, 4.69) is 25.2 Å². The quantitative estimate of drug-likeness (QED) is 0.681. The average Bonchev–Trinajstić information content (AvgIpc) is 2.74. The summed E-state index contributed by atoms with van der Waals surface area (Å²) in [4.78, 5) is 15.8. The van der Waals surface area contributed by atoms with Gasteiger partial charge < -0.3 is 15.0 Å². The first-order chi connectivity index (χ1) is 13.3. The van der Waals surface area contributed by atoms with Gasteiger partial charge in [0.2, 0.25) is 0 Å². The highest BCUT2D eigenvalue weighted by Crippen LogP contribution is 2.22. The Morgan fingerprint density at radius 2 is 1.89 bits per heavy atom. The molecule has 0 unspecified atom stereocenters. The lowest BCUT2D eigenvalue weighted by molar-refractivity contribution is 0.122. The number of allylic oxidation sites excluding steroid dienone is 1. The van der Waals surface area contributed by atoms with Crippen molar-refractivity contribution in [1.82, 2.24) is 15.0 Å². The summed E-state index contributed by atoms with van der Waals surface area (Å²) in [7, 11) is 0. The molecule has 3 heterocycles. The van der Waals surface area contributed by atoms with E-state index in [0.29, 0.717) is 19.0 Å².